The highest BCUT2D eigenvalue weighted by Gasteiger charge is 2.35. The Balaban J connectivity index is 1.72. The SMILES string of the molecule is COc1ccc(Cl)cc1C(=O)N[C@H]1COC[C@@H]1N1CCCC1. The van der Waals surface area contributed by atoms with Gasteiger partial charge in [-0.1, -0.05) is 11.6 Å². The van der Waals surface area contributed by atoms with Crippen molar-refractivity contribution in [1.29, 1.82) is 0 Å². The standard InChI is InChI=1S/C16H21ClN2O3/c1-21-15-5-4-11(17)8-12(15)16(20)18-13-9-22-10-14(13)19-6-2-3-7-19/h4-5,8,13-14H,2-3,6-7,9-10H2,1H3,(H,18,20)/t13-,14-/m0/s1. The summed E-state index contributed by atoms with van der Waals surface area (Å²) < 4.78 is 10.8. The highest BCUT2D eigenvalue weighted by molar-refractivity contribution is 6.31. The van der Waals surface area contributed by atoms with Crippen LogP contribution in [0.3, 0.4) is 0 Å². The summed E-state index contributed by atoms with van der Waals surface area (Å²) in [4.78, 5) is 15.0. The summed E-state index contributed by atoms with van der Waals surface area (Å²) in [5, 5.41) is 3.60. The molecule has 2 aliphatic rings. The maximum Gasteiger partial charge on any atom is 0.255 e. The van der Waals surface area contributed by atoms with E-state index in [0.29, 0.717) is 29.5 Å². The first-order chi connectivity index (χ1) is 10.7. The molecule has 0 saturated carbocycles. The molecule has 2 heterocycles. The Morgan fingerprint density at radius 1 is 1.36 bits per heavy atom. The van der Waals surface area contributed by atoms with Crippen molar-refractivity contribution in [2.75, 3.05) is 33.4 Å². The summed E-state index contributed by atoms with van der Waals surface area (Å²) in [5.41, 5.74) is 0.460. The summed E-state index contributed by atoms with van der Waals surface area (Å²) in [6, 6.07) is 5.32. The van der Waals surface area contributed by atoms with Gasteiger partial charge in [0, 0.05) is 5.02 Å². The van der Waals surface area contributed by atoms with Gasteiger partial charge in [-0.25, -0.2) is 0 Å². The van der Waals surface area contributed by atoms with Gasteiger partial charge in [0.05, 0.1) is 38.0 Å². The second-order valence-electron chi connectivity index (χ2n) is 5.77. The number of methoxy groups -OCH3 is 1. The molecular weight excluding hydrogens is 304 g/mol. The molecule has 0 aromatic heterocycles. The van der Waals surface area contributed by atoms with Gasteiger partial charge in [-0.2, -0.15) is 0 Å². The van der Waals surface area contributed by atoms with Crippen LogP contribution in [0.2, 0.25) is 5.02 Å². The van der Waals surface area contributed by atoms with Crippen molar-refractivity contribution in [3.8, 4) is 5.75 Å². The topological polar surface area (TPSA) is 50.8 Å². The number of hydrogen-bond donors (Lipinski definition) is 1. The fourth-order valence-electron chi connectivity index (χ4n) is 3.22. The number of likely N-dealkylation sites (tertiary alicyclic amines) is 1. The second kappa shape index (κ2) is 6.86. The lowest BCUT2D eigenvalue weighted by molar-refractivity contribution is 0.0913. The van der Waals surface area contributed by atoms with Gasteiger partial charge in [0.25, 0.3) is 5.91 Å². The first-order valence-corrected chi connectivity index (χ1v) is 8.03. The zero-order valence-electron chi connectivity index (χ0n) is 12.7. The Bertz CT molecular complexity index is 546. The second-order valence-corrected chi connectivity index (χ2v) is 6.21. The Morgan fingerprint density at radius 2 is 2.14 bits per heavy atom. The van der Waals surface area contributed by atoms with E-state index in [2.05, 4.69) is 10.2 Å². The van der Waals surface area contributed by atoms with E-state index in [1.54, 1.807) is 25.3 Å². The number of rotatable bonds is 4. The maximum absolute atomic E-state index is 12.6. The largest absolute Gasteiger partial charge is 0.496 e. The third-order valence-electron chi connectivity index (χ3n) is 4.38. The molecule has 1 aromatic carbocycles. The van der Waals surface area contributed by atoms with E-state index in [4.69, 9.17) is 21.1 Å². The third kappa shape index (κ3) is 3.21. The fourth-order valence-corrected chi connectivity index (χ4v) is 3.39. The molecule has 1 N–H and O–H groups in total. The van der Waals surface area contributed by atoms with Gasteiger partial charge in [0.1, 0.15) is 5.75 Å². The summed E-state index contributed by atoms with van der Waals surface area (Å²) >= 11 is 6.00. The van der Waals surface area contributed by atoms with Crippen LogP contribution in [-0.4, -0.2) is 56.3 Å². The van der Waals surface area contributed by atoms with Crippen molar-refractivity contribution in [3.63, 3.8) is 0 Å². The van der Waals surface area contributed by atoms with E-state index in [9.17, 15) is 4.79 Å². The molecule has 6 heteroatoms. The minimum atomic E-state index is -0.168. The molecule has 22 heavy (non-hydrogen) atoms. The van der Waals surface area contributed by atoms with Crippen LogP contribution in [0.5, 0.6) is 5.75 Å². The molecule has 0 radical (unpaired) electrons. The van der Waals surface area contributed by atoms with Gasteiger partial charge in [0.2, 0.25) is 0 Å². The summed E-state index contributed by atoms with van der Waals surface area (Å²) in [5.74, 6) is 0.359. The fraction of sp³-hybridized carbons (Fsp3) is 0.562. The minimum absolute atomic E-state index is 0.00860. The summed E-state index contributed by atoms with van der Waals surface area (Å²) in [6.45, 7) is 3.40. The van der Waals surface area contributed by atoms with E-state index < -0.39 is 0 Å². The van der Waals surface area contributed by atoms with Crippen LogP contribution in [0.4, 0.5) is 0 Å². The molecule has 0 aliphatic carbocycles. The molecule has 120 valence electrons. The van der Waals surface area contributed by atoms with Crippen molar-refractivity contribution in [2.24, 2.45) is 0 Å². The smallest absolute Gasteiger partial charge is 0.255 e. The molecule has 2 fully saturated rings. The van der Waals surface area contributed by atoms with Crippen LogP contribution in [0.25, 0.3) is 0 Å². The number of halogens is 1. The highest BCUT2D eigenvalue weighted by atomic mass is 35.5. The molecular formula is C16H21ClN2O3. The van der Waals surface area contributed by atoms with Crippen LogP contribution in [0.15, 0.2) is 18.2 Å². The van der Waals surface area contributed by atoms with Gasteiger partial charge in [0.15, 0.2) is 0 Å². The molecule has 2 aliphatic heterocycles. The zero-order chi connectivity index (χ0) is 15.5. The number of benzene rings is 1. The lowest BCUT2D eigenvalue weighted by Crippen LogP contribution is -2.50. The quantitative estimate of drug-likeness (QED) is 0.919. The molecule has 0 spiro atoms. The monoisotopic (exact) mass is 324 g/mol. The van der Waals surface area contributed by atoms with Crippen molar-refractivity contribution >= 4 is 17.5 Å². The maximum atomic E-state index is 12.6. The minimum Gasteiger partial charge on any atom is -0.496 e. The summed E-state index contributed by atoms with van der Waals surface area (Å²) in [6.07, 6.45) is 2.44. The Kier molecular flexibility index (Phi) is 4.86. The number of carbonyl (C=O) groups excluding carboxylic acids is 1. The molecule has 0 unspecified atom stereocenters. The lowest BCUT2D eigenvalue weighted by atomic mass is 10.1. The van der Waals surface area contributed by atoms with Gasteiger partial charge in [-0.3, -0.25) is 9.69 Å². The summed E-state index contributed by atoms with van der Waals surface area (Å²) in [7, 11) is 1.55. The van der Waals surface area contributed by atoms with Crippen molar-refractivity contribution in [3.05, 3.63) is 28.8 Å². The average molecular weight is 325 g/mol. The molecule has 1 amide bonds. The van der Waals surface area contributed by atoms with Crippen LogP contribution in [0.1, 0.15) is 23.2 Å². The first-order valence-electron chi connectivity index (χ1n) is 7.65. The number of nitrogens with zero attached hydrogens (tertiary/aromatic N) is 1. The van der Waals surface area contributed by atoms with E-state index in [1.807, 2.05) is 0 Å². The Labute approximate surface area is 135 Å². The van der Waals surface area contributed by atoms with E-state index in [1.165, 1.54) is 12.8 Å². The van der Waals surface area contributed by atoms with E-state index >= 15 is 0 Å². The Morgan fingerprint density at radius 3 is 2.86 bits per heavy atom. The van der Waals surface area contributed by atoms with Gasteiger partial charge in [-0.05, 0) is 44.1 Å². The van der Waals surface area contributed by atoms with Crippen molar-refractivity contribution in [2.45, 2.75) is 24.9 Å². The number of nitrogens with one attached hydrogen (secondary N) is 1. The predicted molar refractivity (Wildman–Crippen MR) is 84.7 cm³/mol. The van der Waals surface area contributed by atoms with Crippen molar-refractivity contribution < 1.29 is 14.3 Å². The molecule has 2 atom stereocenters. The average Bonchev–Trinajstić information content (AvgIpc) is 3.17. The third-order valence-corrected chi connectivity index (χ3v) is 4.62. The van der Waals surface area contributed by atoms with E-state index in [-0.39, 0.29) is 18.0 Å². The molecule has 2 saturated heterocycles. The van der Waals surface area contributed by atoms with Gasteiger partial charge >= 0.3 is 0 Å². The predicted octanol–water partition coefficient (Wildman–Crippen LogP) is 1.94. The number of hydrogen-bond acceptors (Lipinski definition) is 4. The zero-order valence-corrected chi connectivity index (χ0v) is 13.4. The number of amides is 1. The first kappa shape index (κ1) is 15.6. The molecule has 3 rings (SSSR count). The number of ether oxygens (including phenoxy) is 2. The highest BCUT2D eigenvalue weighted by Crippen LogP contribution is 2.24. The van der Waals surface area contributed by atoms with Crippen LogP contribution in [0, 0.1) is 0 Å². The van der Waals surface area contributed by atoms with Crippen molar-refractivity contribution in [1.82, 2.24) is 10.2 Å². The molecule has 0 bridgehead atoms. The van der Waals surface area contributed by atoms with Crippen LogP contribution < -0.4 is 10.1 Å². The molecule has 1 aromatic rings. The lowest BCUT2D eigenvalue weighted by Gasteiger charge is -2.28. The van der Waals surface area contributed by atoms with Gasteiger partial charge < -0.3 is 14.8 Å². The van der Waals surface area contributed by atoms with Gasteiger partial charge in [-0.15, -0.1) is 0 Å². The van der Waals surface area contributed by atoms with E-state index in [0.717, 1.165) is 13.1 Å². The van der Waals surface area contributed by atoms with Crippen LogP contribution >= 0.6 is 11.6 Å². The Hall–Kier alpha value is -1.30. The normalized spacial score (nSPS) is 25.4. The van der Waals surface area contributed by atoms with Crippen LogP contribution in [-0.2, 0) is 4.74 Å². The number of carbonyl (C=O) groups is 1. The molecule has 5 nitrogen and oxygen atoms in total.